The Hall–Kier alpha value is -1.09. The molecule has 3 heteroatoms. The number of nitrogens with one attached hydrogen (secondary N) is 1. The van der Waals surface area contributed by atoms with Crippen molar-refractivity contribution in [2.24, 2.45) is 0 Å². The van der Waals surface area contributed by atoms with Crippen LogP contribution in [0, 0.1) is 6.92 Å². The van der Waals surface area contributed by atoms with Crippen LogP contribution in [-0.4, -0.2) is 30.7 Å². The first-order valence-electron chi connectivity index (χ1n) is 6.21. The molecule has 1 aromatic heterocycles. The molecule has 0 amide bonds. The number of pyridine rings is 1. The average molecular weight is 219 g/mol. The fourth-order valence-electron chi connectivity index (χ4n) is 2.31. The molecule has 1 unspecified atom stereocenters. The number of rotatable bonds is 4. The van der Waals surface area contributed by atoms with Crippen LogP contribution in [0.25, 0.3) is 0 Å². The second-order valence-corrected chi connectivity index (χ2v) is 4.53. The highest BCUT2D eigenvalue weighted by molar-refractivity contribution is 5.42. The lowest BCUT2D eigenvalue weighted by Gasteiger charge is -2.29. The number of nitrogens with zero attached hydrogens (tertiary/aromatic N) is 2. The van der Waals surface area contributed by atoms with Crippen LogP contribution in [0.5, 0.6) is 0 Å². The van der Waals surface area contributed by atoms with Crippen molar-refractivity contribution in [2.45, 2.75) is 32.7 Å². The Balaban J connectivity index is 2.17. The first-order chi connectivity index (χ1) is 7.81. The number of aromatic nitrogens is 1. The molecule has 16 heavy (non-hydrogen) atoms. The predicted octanol–water partition coefficient (Wildman–Crippen LogP) is 1.97. The average Bonchev–Trinajstić information content (AvgIpc) is 2.79. The van der Waals surface area contributed by atoms with E-state index < -0.39 is 0 Å². The van der Waals surface area contributed by atoms with Gasteiger partial charge in [-0.25, -0.2) is 4.98 Å². The third-order valence-electron chi connectivity index (χ3n) is 3.13. The Morgan fingerprint density at radius 1 is 1.56 bits per heavy atom. The molecule has 2 heterocycles. The third-order valence-corrected chi connectivity index (χ3v) is 3.13. The van der Waals surface area contributed by atoms with Gasteiger partial charge in [0.25, 0.3) is 0 Å². The lowest BCUT2D eigenvalue weighted by molar-refractivity contribution is 0.618. The second-order valence-electron chi connectivity index (χ2n) is 4.53. The van der Waals surface area contributed by atoms with Crippen molar-refractivity contribution >= 4 is 5.82 Å². The first-order valence-corrected chi connectivity index (χ1v) is 6.21. The molecule has 3 nitrogen and oxygen atoms in total. The van der Waals surface area contributed by atoms with Crippen molar-refractivity contribution in [1.29, 1.82) is 0 Å². The van der Waals surface area contributed by atoms with Gasteiger partial charge in [0.1, 0.15) is 5.82 Å². The Bertz CT molecular complexity index is 332. The van der Waals surface area contributed by atoms with E-state index in [-0.39, 0.29) is 0 Å². The van der Waals surface area contributed by atoms with Crippen molar-refractivity contribution < 1.29 is 0 Å². The van der Waals surface area contributed by atoms with Gasteiger partial charge >= 0.3 is 0 Å². The summed E-state index contributed by atoms with van der Waals surface area (Å²) in [6.45, 7) is 7.68. The molecule has 0 spiro atoms. The summed E-state index contributed by atoms with van der Waals surface area (Å²) in [4.78, 5) is 6.95. The number of hydrogen-bond donors (Lipinski definition) is 1. The summed E-state index contributed by atoms with van der Waals surface area (Å²) < 4.78 is 0. The maximum atomic E-state index is 4.50. The Morgan fingerprint density at radius 2 is 2.44 bits per heavy atom. The van der Waals surface area contributed by atoms with E-state index in [4.69, 9.17) is 0 Å². The fourth-order valence-corrected chi connectivity index (χ4v) is 2.31. The molecule has 1 aliphatic rings. The van der Waals surface area contributed by atoms with Crippen molar-refractivity contribution in [3.05, 3.63) is 23.9 Å². The van der Waals surface area contributed by atoms with Gasteiger partial charge in [-0.2, -0.15) is 0 Å². The zero-order valence-electron chi connectivity index (χ0n) is 10.2. The molecule has 0 aliphatic carbocycles. The third kappa shape index (κ3) is 2.53. The smallest absolute Gasteiger partial charge is 0.129 e. The van der Waals surface area contributed by atoms with Crippen molar-refractivity contribution in [1.82, 2.24) is 10.3 Å². The monoisotopic (exact) mass is 219 g/mol. The Morgan fingerprint density at radius 3 is 3.06 bits per heavy atom. The topological polar surface area (TPSA) is 28.2 Å². The van der Waals surface area contributed by atoms with E-state index in [1.165, 1.54) is 18.4 Å². The minimum absolute atomic E-state index is 0.620. The van der Waals surface area contributed by atoms with Gasteiger partial charge in [-0.05, 0) is 44.0 Å². The quantitative estimate of drug-likeness (QED) is 0.839. The minimum Gasteiger partial charge on any atom is -0.352 e. The van der Waals surface area contributed by atoms with E-state index in [0.717, 1.165) is 25.5 Å². The summed E-state index contributed by atoms with van der Waals surface area (Å²) >= 11 is 0. The van der Waals surface area contributed by atoms with Crippen LogP contribution in [0.4, 0.5) is 5.82 Å². The van der Waals surface area contributed by atoms with Gasteiger partial charge in [0.15, 0.2) is 0 Å². The molecule has 0 bridgehead atoms. The zero-order valence-corrected chi connectivity index (χ0v) is 10.2. The second kappa shape index (κ2) is 5.30. The molecule has 2 rings (SSSR count). The highest BCUT2D eigenvalue weighted by Gasteiger charge is 2.22. The maximum Gasteiger partial charge on any atom is 0.129 e. The van der Waals surface area contributed by atoms with Gasteiger partial charge in [-0.1, -0.05) is 6.92 Å². The Kier molecular flexibility index (Phi) is 3.78. The van der Waals surface area contributed by atoms with E-state index in [2.05, 4.69) is 41.2 Å². The van der Waals surface area contributed by atoms with E-state index in [1.54, 1.807) is 0 Å². The molecule has 1 saturated heterocycles. The summed E-state index contributed by atoms with van der Waals surface area (Å²) in [6, 6.07) is 4.86. The zero-order chi connectivity index (χ0) is 11.4. The standard InChI is InChI=1S/C13H21N3/c1-3-8-16(12-5-6-14-10-12)13-9-11(2)4-7-15-13/h4,7,9,12,14H,3,5-6,8,10H2,1-2H3. The van der Waals surface area contributed by atoms with Gasteiger partial charge in [0, 0.05) is 25.3 Å². The minimum atomic E-state index is 0.620. The lowest BCUT2D eigenvalue weighted by atomic mass is 10.2. The van der Waals surface area contributed by atoms with E-state index in [9.17, 15) is 0 Å². The van der Waals surface area contributed by atoms with Gasteiger partial charge in [0.05, 0.1) is 0 Å². The fraction of sp³-hybridized carbons (Fsp3) is 0.615. The molecule has 0 aromatic carbocycles. The van der Waals surface area contributed by atoms with Gasteiger partial charge in [-0.3, -0.25) is 0 Å². The van der Waals surface area contributed by atoms with Crippen LogP contribution < -0.4 is 10.2 Å². The highest BCUT2D eigenvalue weighted by Crippen LogP contribution is 2.19. The Labute approximate surface area is 97.9 Å². The number of hydrogen-bond acceptors (Lipinski definition) is 3. The van der Waals surface area contributed by atoms with E-state index in [0.29, 0.717) is 6.04 Å². The largest absolute Gasteiger partial charge is 0.352 e. The van der Waals surface area contributed by atoms with Gasteiger partial charge < -0.3 is 10.2 Å². The highest BCUT2D eigenvalue weighted by atomic mass is 15.2. The molecule has 1 atom stereocenters. The van der Waals surface area contributed by atoms with Crippen LogP contribution in [0.2, 0.25) is 0 Å². The number of aryl methyl sites for hydroxylation is 1. The van der Waals surface area contributed by atoms with Crippen LogP contribution in [0.15, 0.2) is 18.3 Å². The molecule has 0 saturated carbocycles. The predicted molar refractivity (Wildman–Crippen MR) is 67.9 cm³/mol. The van der Waals surface area contributed by atoms with Crippen LogP contribution in [-0.2, 0) is 0 Å². The van der Waals surface area contributed by atoms with Crippen molar-refractivity contribution in [3.8, 4) is 0 Å². The molecular formula is C13H21N3. The summed E-state index contributed by atoms with van der Waals surface area (Å²) in [5.41, 5.74) is 1.29. The molecule has 1 aliphatic heterocycles. The van der Waals surface area contributed by atoms with Crippen LogP contribution in [0.3, 0.4) is 0 Å². The van der Waals surface area contributed by atoms with Gasteiger partial charge in [-0.15, -0.1) is 0 Å². The normalized spacial score (nSPS) is 20.0. The molecule has 1 N–H and O–H groups in total. The van der Waals surface area contributed by atoms with E-state index in [1.807, 2.05) is 6.20 Å². The first kappa shape index (κ1) is 11.4. The molecular weight excluding hydrogens is 198 g/mol. The van der Waals surface area contributed by atoms with Crippen molar-refractivity contribution in [3.63, 3.8) is 0 Å². The number of anilines is 1. The van der Waals surface area contributed by atoms with E-state index >= 15 is 0 Å². The maximum absolute atomic E-state index is 4.50. The molecule has 0 radical (unpaired) electrons. The van der Waals surface area contributed by atoms with Gasteiger partial charge in [0.2, 0.25) is 0 Å². The molecule has 1 aromatic rings. The molecule has 88 valence electrons. The molecule has 1 fully saturated rings. The van der Waals surface area contributed by atoms with Crippen LogP contribution >= 0.6 is 0 Å². The van der Waals surface area contributed by atoms with Crippen molar-refractivity contribution in [2.75, 3.05) is 24.5 Å². The summed E-state index contributed by atoms with van der Waals surface area (Å²) in [7, 11) is 0. The summed E-state index contributed by atoms with van der Waals surface area (Å²) in [6.07, 6.45) is 4.32. The lowest BCUT2D eigenvalue weighted by Crippen LogP contribution is -2.38. The summed E-state index contributed by atoms with van der Waals surface area (Å²) in [5, 5.41) is 3.43. The van der Waals surface area contributed by atoms with Crippen LogP contribution in [0.1, 0.15) is 25.3 Å². The summed E-state index contributed by atoms with van der Waals surface area (Å²) in [5.74, 6) is 1.13. The SMILES string of the molecule is CCCN(c1cc(C)ccn1)C1CCNC1.